The summed E-state index contributed by atoms with van der Waals surface area (Å²) in [5.74, 6) is -0.159. The maximum Gasteiger partial charge on any atom is 0.127 e. The number of halogens is 1. The van der Waals surface area contributed by atoms with Gasteiger partial charge in [0, 0.05) is 25.2 Å². The average molecular weight is 240 g/mol. The van der Waals surface area contributed by atoms with Gasteiger partial charge in [-0.25, -0.2) is 4.39 Å². The molecule has 0 aromatic heterocycles. The van der Waals surface area contributed by atoms with Crippen LogP contribution in [0, 0.1) is 5.82 Å². The second-order valence-corrected chi connectivity index (χ2v) is 4.18. The van der Waals surface area contributed by atoms with Gasteiger partial charge in [0.15, 0.2) is 0 Å². The van der Waals surface area contributed by atoms with Crippen molar-refractivity contribution in [1.29, 1.82) is 0 Å². The van der Waals surface area contributed by atoms with Crippen molar-refractivity contribution in [2.45, 2.75) is 6.54 Å². The summed E-state index contributed by atoms with van der Waals surface area (Å²) in [7, 11) is 4.03. The number of nitrogens with one attached hydrogen (secondary N) is 1. The number of benzene rings is 1. The Morgan fingerprint density at radius 1 is 1.24 bits per heavy atom. The molecule has 1 aromatic carbocycles. The quantitative estimate of drug-likeness (QED) is 0.697. The molecule has 1 N–H and O–H groups in total. The Balaban J connectivity index is 2.03. The van der Waals surface area contributed by atoms with E-state index in [-0.39, 0.29) is 5.82 Å². The Bertz CT molecular complexity index is 318. The maximum atomic E-state index is 13.2. The Labute approximate surface area is 103 Å². The Morgan fingerprint density at radius 2 is 2.00 bits per heavy atom. The molecule has 0 radical (unpaired) electrons. The van der Waals surface area contributed by atoms with E-state index >= 15 is 0 Å². The number of likely N-dealkylation sites (N-methyl/N-ethyl adjacent to an activating group) is 1. The lowest BCUT2D eigenvalue weighted by Gasteiger charge is -2.10. The highest BCUT2D eigenvalue weighted by atomic mass is 19.1. The van der Waals surface area contributed by atoms with Crippen LogP contribution in [0.5, 0.6) is 0 Å². The van der Waals surface area contributed by atoms with Crippen LogP contribution in [0.3, 0.4) is 0 Å². The van der Waals surface area contributed by atoms with Gasteiger partial charge in [-0.05, 0) is 20.2 Å². The average Bonchev–Trinajstić information content (AvgIpc) is 2.30. The lowest BCUT2D eigenvalue weighted by molar-refractivity contribution is 0.119. The summed E-state index contributed by atoms with van der Waals surface area (Å²) in [6.45, 7) is 3.59. The van der Waals surface area contributed by atoms with E-state index in [0.717, 1.165) is 19.7 Å². The van der Waals surface area contributed by atoms with Crippen LogP contribution in [-0.4, -0.2) is 45.3 Å². The summed E-state index contributed by atoms with van der Waals surface area (Å²) in [5, 5.41) is 3.15. The summed E-state index contributed by atoms with van der Waals surface area (Å²) >= 11 is 0. The van der Waals surface area contributed by atoms with Crippen molar-refractivity contribution in [3.05, 3.63) is 35.6 Å². The van der Waals surface area contributed by atoms with E-state index in [2.05, 4.69) is 10.2 Å². The van der Waals surface area contributed by atoms with Crippen LogP contribution in [0.2, 0.25) is 0 Å². The molecular weight excluding hydrogens is 219 g/mol. The highest BCUT2D eigenvalue weighted by Crippen LogP contribution is 2.04. The number of hydrogen-bond acceptors (Lipinski definition) is 3. The fraction of sp³-hybridized carbons (Fsp3) is 0.538. The van der Waals surface area contributed by atoms with Gasteiger partial charge in [-0.3, -0.25) is 0 Å². The molecule has 0 spiro atoms. The largest absolute Gasteiger partial charge is 0.379 e. The molecule has 0 atom stereocenters. The third-order valence-corrected chi connectivity index (χ3v) is 2.38. The molecule has 0 aliphatic heterocycles. The van der Waals surface area contributed by atoms with E-state index < -0.39 is 0 Å². The van der Waals surface area contributed by atoms with Crippen LogP contribution in [0.25, 0.3) is 0 Å². The predicted octanol–water partition coefficient (Wildman–Crippen LogP) is 1.49. The van der Waals surface area contributed by atoms with Gasteiger partial charge in [0.05, 0.1) is 13.2 Å². The SMILES string of the molecule is CN(C)CCOCCNCc1ccccc1F. The third-order valence-electron chi connectivity index (χ3n) is 2.38. The summed E-state index contributed by atoms with van der Waals surface area (Å²) in [5.41, 5.74) is 0.695. The highest BCUT2D eigenvalue weighted by Gasteiger charge is 1.99. The minimum absolute atomic E-state index is 0.159. The molecule has 0 saturated carbocycles. The molecule has 0 unspecified atom stereocenters. The maximum absolute atomic E-state index is 13.2. The van der Waals surface area contributed by atoms with Gasteiger partial charge < -0.3 is 15.0 Å². The van der Waals surface area contributed by atoms with Crippen molar-refractivity contribution in [1.82, 2.24) is 10.2 Å². The molecule has 1 rings (SSSR count). The predicted molar refractivity (Wildman–Crippen MR) is 67.5 cm³/mol. The van der Waals surface area contributed by atoms with Gasteiger partial charge in [0.1, 0.15) is 5.82 Å². The molecule has 0 bridgehead atoms. The lowest BCUT2D eigenvalue weighted by atomic mass is 10.2. The van der Waals surface area contributed by atoms with E-state index in [1.165, 1.54) is 6.07 Å². The number of rotatable bonds is 8. The molecule has 0 aliphatic carbocycles. The zero-order valence-corrected chi connectivity index (χ0v) is 10.6. The van der Waals surface area contributed by atoms with Crippen LogP contribution >= 0.6 is 0 Å². The first-order valence-electron chi connectivity index (χ1n) is 5.86. The second kappa shape index (κ2) is 8.17. The van der Waals surface area contributed by atoms with Gasteiger partial charge in [-0.2, -0.15) is 0 Å². The molecule has 17 heavy (non-hydrogen) atoms. The normalized spacial score (nSPS) is 11.1. The summed E-state index contributed by atoms with van der Waals surface area (Å²) < 4.78 is 18.6. The van der Waals surface area contributed by atoms with Crippen LogP contribution in [-0.2, 0) is 11.3 Å². The van der Waals surface area contributed by atoms with Crippen LogP contribution < -0.4 is 5.32 Å². The van der Waals surface area contributed by atoms with Crippen molar-refractivity contribution < 1.29 is 9.13 Å². The molecule has 0 fully saturated rings. The fourth-order valence-electron chi connectivity index (χ4n) is 1.36. The smallest absolute Gasteiger partial charge is 0.127 e. The molecule has 1 aromatic rings. The fourth-order valence-corrected chi connectivity index (χ4v) is 1.36. The third kappa shape index (κ3) is 6.36. The van der Waals surface area contributed by atoms with Gasteiger partial charge >= 0.3 is 0 Å². The first-order chi connectivity index (χ1) is 8.20. The van der Waals surface area contributed by atoms with Gasteiger partial charge in [0.2, 0.25) is 0 Å². The molecule has 3 nitrogen and oxygen atoms in total. The molecule has 0 heterocycles. The zero-order valence-electron chi connectivity index (χ0n) is 10.6. The number of ether oxygens (including phenoxy) is 1. The molecule has 0 amide bonds. The summed E-state index contributed by atoms with van der Waals surface area (Å²) in [6.07, 6.45) is 0. The van der Waals surface area contributed by atoms with E-state index in [0.29, 0.717) is 18.7 Å². The second-order valence-electron chi connectivity index (χ2n) is 4.18. The monoisotopic (exact) mass is 240 g/mol. The minimum atomic E-state index is -0.159. The topological polar surface area (TPSA) is 24.5 Å². The molecular formula is C13H21FN2O. The summed E-state index contributed by atoms with van der Waals surface area (Å²) in [4.78, 5) is 2.08. The highest BCUT2D eigenvalue weighted by molar-refractivity contribution is 5.16. The molecule has 0 aliphatic rings. The van der Waals surface area contributed by atoms with Gasteiger partial charge in [-0.1, -0.05) is 18.2 Å². The molecule has 96 valence electrons. The van der Waals surface area contributed by atoms with Gasteiger partial charge in [-0.15, -0.1) is 0 Å². The van der Waals surface area contributed by atoms with Crippen molar-refractivity contribution in [3.63, 3.8) is 0 Å². The Kier molecular flexibility index (Phi) is 6.77. The van der Waals surface area contributed by atoms with Crippen LogP contribution in [0.15, 0.2) is 24.3 Å². The minimum Gasteiger partial charge on any atom is -0.379 e. The number of hydrogen-bond donors (Lipinski definition) is 1. The molecule has 4 heteroatoms. The Hall–Kier alpha value is -0.970. The van der Waals surface area contributed by atoms with E-state index in [4.69, 9.17) is 4.74 Å². The molecule has 0 saturated heterocycles. The van der Waals surface area contributed by atoms with E-state index in [9.17, 15) is 4.39 Å². The first-order valence-corrected chi connectivity index (χ1v) is 5.86. The van der Waals surface area contributed by atoms with Crippen molar-refractivity contribution >= 4 is 0 Å². The van der Waals surface area contributed by atoms with E-state index in [1.54, 1.807) is 12.1 Å². The van der Waals surface area contributed by atoms with Crippen molar-refractivity contribution in [2.24, 2.45) is 0 Å². The van der Waals surface area contributed by atoms with Crippen molar-refractivity contribution in [2.75, 3.05) is 40.4 Å². The van der Waals surface area contributed by atoms with Crippen LogP contribution in [0.4, 0.5) is 4.39 Å². The Morgan fingerprint density at radius 3 is 2.71 bits per heavy atom. The summed E-state index contributed by atoms with van der Waals surface area (Å²) in [6, 6.07) is 6.80. The number of nitrogens with zero attached hydrogens (tertiary/aromatic N) is 1. The first kappa shape index (κ1) is 14.1. The van der Waals surface area contributed by atoms with Gasteiger partial charge in [0.25, 0.3) is 0 Å². The van der Waals surface area contributed by atoms with Crippen molar-refractivity contribution in [3.8, 4) is 0 Å². The van der Waals surface area contributed by atoms with E-state index in [1.807, 2.05) is 20.2 Å². The van der Waals surface area contributed by atoms with Crippen LogP contribution in [0.1, 0.15) is 5.56 Å². The lowest BCUT2D eigenvalue weighted by Crippen LogP contribution is -2.23. The standard InChI is InChI=1S/C13H21FN2O/c1-16(2)8-10-17-9-7-15-11-12-5-3-4-6-13(12)14/h3-6,15H,7-11H2,1-2H3. The zero-order chi connectivity index (χ0) is 12.5.